The van der Waals surface area contributed by atoms with E-state index in [9.17, 15) is 4.79 Å². The molecule has 0 N–H and O–H groups in total. The highest BCUT2D eigenvalue weighted by Crippen LogP contribution is 2.48. The second-order valence-corrected chi connectivity index (χ2v) is 9.21. The lowest BCUT2D eigenvalue weighted by molar-refractivity contribution is 0.0785. The summed E-state index contributed by atoms with van der Waals surface area (Å²) in [7, 11) is 1.70. The number of amides is 1. The molecule has 3 aliphatic rings. The number of hydrogen-bond donors (Lipinski definition) is 0. The summed E-state index contributed by atoms with van der Waals surface area (Å²) in [6.07, 6.45) is 3.65. The van der Waals surface area contributed by atoms with Crippen LogP contribution < -0.4 is 4.74 Å². The van der Waals surface area contributed by atoms with Crippen LogP contribution in [0.15, 0.2) is 54.6 Å². The third-order valence-electron chi connectivity index (χ3n) is 7.14. The number of aromatic nitrogens is 2. The fourth-order valence-corrected chi connectivity index (χ4v) is 5.38. The molecule has 2 aliphatic carbocycles. The molecule has 1 amide bonds. The Kier molecular flexibility index (Phi) is 4.37. The van der Waals surface area contributed by atoms with Crippen molar-refractivity contribution in [2.24, 2.45) is 11.8 Å². The largest absolute Gasteiger partial charge is 0.497 e. The minimum Gasteiger partial charge on any atom is -0.497 e. The Labute approximate surface area is 182 Å². The normalized spacial score (nSPS) is 21.8. The molecule has 5 nitrogen and oxygen atoms in total. The zero-order chi connectivity index (χ0) is 20.9. The lowest BCUT2D eigenvalue weighted by Gasteiger charge is -2.17. The quantitative estimate of drug-likeness (QED) is 0.624. The van der Waals surface area contributed by atoms with Gasteiger partial charge >= 0.3 is 0 Å². The second kappa shape index (κ2) is 7.26. The van der Waals surface area contributed by atoms with E-state index in [0.717, 1.165) is 54.5 Å². The van der Waals surface area contributed by atoms with Crippen molar-refractivity contribution in [3.8, 4) is 17.0 Å². The molecule has 3 aromatic rings. The summed E-state index contributed by atoms with van der Waals surface area (Å²) in [5, 5.41) is 5.10. The molecule has 2 fully saturated rings. The molecule has 158 valence electrons. The van der Waals surface area contributed by atoms with Crippen molar-refractivity contribution in [3.63, 3.8) is 0 Å². The van der Waals surface area contributed by atoms with Crippen molar-refractivity contribution in [2.75, 3.05) is 20.2 Å². The zero-order valence-corrected chi connectivity index (χ0v) is 17.8. The summed E-state index contributed by atoms with van der Waals surface area (Å²) in [4.78, 5) is 15.1. The Hall–Kier alpha value is -3.08. The molecule has 0 radical (unpaired) electrons. The van der Waals surface area contributed by atoms with E-state index in [2.05, 4.69) is 16.8 Å². The molecule has 2 heterocycles. The molecule has 1 aliphatic heterocycles. The SMILES string of the molecule is COc1cccc(-c2nn(CC3CC3)c3c2[C@H]2CN(C(=O)c4ccccc4)C[C@H]2C3)c1. The number of ether oxygens (including phenoxy) is 1. The number of rotatable bonds is 5. The molecule has 1 saturated carbocycles. The van der Waals surface area contributed by atoms with Gasteiger partial charge in [-0.15, -0.1) is 0 Å². The van der Waals surface area contributed by atoms with Crippen LogP contribution in [-0.4, -0.2) is 40.8 Å². The third-order valence-corrected chi connectivity index (χ3v) is 7.14. The highest BCUT2D eigenvalue weighted by molar-refractivity contribution is 5.94. The van der Waals surface area contributed by atoms with Gasteiger partial charge in [0.05, 0.1) is 12.8 Å². The molecular weight excluding hydrogens is 386 g/mol. The third kappa shape index (κ3) is 3.23. The molecule has 1 aromatic heterocycles. The summed E-state index contributed by atoms with van der Waals surface area (Å²) in [6.45, 7) is 2.63. The van der Waals surface area contributed by atoms with E-state index in [1.807, 2.05) is 47.4 Å². The number of nitrogens with zero attached hydrogens (tertiary/aromatic N) is 3. The van der Waals surface area contributed by atoms with Crippen molar-refractivity contribution < 1.29 is 9.53 Å². The van der Waals surface area contributed by atoms with E-state index >= 15 is 0 Å². The Morgan fingerprint density at radius 2 is 1.94 bits per heavy atom. The Morgan fingerprint density at radius 3 is 2.71 bits per heavy atom. The smallest absolute Gasteiger partial charge is 0.253 e. The monoisotopic (exact) mass is 413 g/mol. The van der Waals surface area contributed by atoms with Crippen molar-refractivity contribution in [1.82, 2.24) is 14.7 Å². The Balaban J connectivity index is 1.36. The van der Waals surface area contributed by atoms with E-state index in [1.54, 1.807) is 7.11 Å². The van der Waals surface area contributed by atoms with E-state index in [-0.39, 0.29) is 5.91 Å². The minimum absolute atomic E-state index is 0.143. The van der Waals surface area contributed by atoms with Crippen LogP contribution in [0.4, 0.5) is 0 Å². The van der Waals surface area contributed by atoms with Gasteiger partial charge in [0.15, 0.2) is 0 Å². The van der Waals surface area contributed by atoms with Crippen molar-refractivity contribution >= 4 is 5.91 Å². The standard InChI is InChI=1S/C26H27N3O2/c1-31-21-9-5-8-19(12-21)25-24-22-16-28(26(30)18-6-3-2-4-7-18)15-20(22)13-23(24)29(27-25)14-17-10-11-17/h2-9,12,17,20,22H,10-11,13-16H2,1H3/t20-,22+/m1/s1. The lowest BCUT2D eigenvalue weighted by atomic mass is 9.94. The molecule has 0 unspecified atom stereocenters. The highest BCUT2D eigenvalue weighted by Gasteiger charge is 2.46. The van der Waals surface area contributed by atoms with Crippen LogP contribution in [0, 0.1) is 11.8 Å². The van der Waals surface area contributed by atoms with E-state index < -0.39 is 0 Å². The predicted molar refractivity (Wildman–Crippen MR) is 119 cm³/mol. The maximum Gasteiger partial charge on any atom is 0.253 e. The molecule has 31 heavy (non-hydrogen) atoms. The van der Waals surface area contributed by atoms with Crippen LogP contribution in [0.2, 0.25) is 0 Å². The maximum atomic E-state index is 13.1. The van der Waals surface area contributed by atoms with E-state index in [0.29, 0.717) is 11.8 Å². The van der Waals surface area contributed by atoms with Crippen LogP contribution in [-0.2, 0) is 13.0 Å². The molecule has 0 bridgehead atoms. The van der Waals surface area contributed by atoms with Crippen LogP contribution >= 0.6 is 0 Å². The molecule has 0 spiro atoms. The molecular formula is C26H27N3O2. The zero-order valence-electron chi connectivity index (χ0n) is 17.8. The van der Waals surface area contributed by atoms with Crippen LogP contribution in [0.3, 0.4) is 0 Å². The Morgan fingerprint density at radius 1 is 1.10 bits per heavy atom. The summed E-state index contributed by atoms with van der Waals surface area (Å²) in [5.41, 5.74) is 5.73. The van der Waals surface area contributed by atoms with Gasteiger partial charge in [-0.2, -0.15) is 5.10 Å². The van der Waals surface area contributed by atoms with Gasteiger partial charge < -0.3 is 9.64 Å². The molecule has 1 saturated heterocycles. The summed E-state index contributed by atoms with van der Waals surface area (Å²) in [5.74, 6) is 2.61. The lowest BCUT2D eigenvalue weighted by Crippen LogP contribution is -2.29. The maximum absolute atomic E-state index is 13.1. The number of benzene rings is 2. The number of carbonyl (C=O) groups is 1. The summed E-state index contributed by atoms with van der Waals surface area (Å²) >= 11 is 0. The first-order valence-electron chi connectivity index (χ1n) is 11.3. The number of likely N-dealkylation sites (tertiary alicyclic amines) is 1. The van der Waals surface area contributed by atoms with Gasteiger partial charge in [0.1, 0.15) is 5.75 Å². The first-order valence-corrected chi connectivity index (χ1v) is 11.3. The summed E-state index contributed by atoms with van der Waals surface area (Å²) in [6, 6.07) is 17.9. The van der Waals surface area contributed by atoms with Crippen molar-refractivity contribution in [2.45, 2.75) is 31.7 Å². The van der Waals surface area contributed by atoms with Gasteiger partial charge in [0.2, 0.25) is 0 Å². The highest BCUT2D eigenvalue weighted by atomic mass is 16.5. The molecule has 5 heteroatoms. The van der Waals surface area contributed by atoms with Gasteiger partial charge in [-0.1, -0.05) is 30.3 Å². The first-order chi connectivity index (χ1) is 15.2. The number of hydrogen-bond acceptors (Lipinski definition) is 3. The van der Waals surface area contributed by atoms with Crippen LogP contribution in [0.1, 0.15) is 40.4 Å². The van der Waals surface area contributed by atoms with Crippen LogP contribution in [0.25, 0.3) is 11.3 Å². The van der Waals surface area contributed by atoms with Gasteiger partial charge in [-0.05, 0) is 55.4 Å². The average molecular weight is 414 g/mol. The topological polar surface area (TPSA) is 47.4 Å². The van der Waals surface area contributed by atoms with E-state index in [1.165, 1.54) is 24.1 Å². The van der Waals surface area contributed by atoms with Crippen LogP contribution in [0.5, 0.6) is 5.75 Å². The fourth-order valence-electron chi connectivity index (χ4n) is 5.38. The van der Waals surface area contributed by atoms with Crippen molar-refractivity contribution in [1.29, 1.82) is 0 Å². The number of fused-ring (bicyclic) bond motifs is 3. The van der Waals surface area contributed by atoms with Gasteiger partial charge in [-0.25, -0.2) is 0 Å². The Bertz CT molecular complexity index is 1130. The van der Waals surface area contributed by atoms with Gasteiger partial charge in [0, 0.05) is 47.9 Å². The van der Waals surface area contributed by atoms with E-state index in [4.69, 9.17) is 9.84 Å². The predicted octanol–water partition coefficient (Wildman–Crippen LogP) is 4.38. The first kappa shape index (κ1) is 18.7. The minimum atomic E-state index is 0.143. The molecule has 2 aromatic carbocycles. The number of carbonyl (C=O) groups excluding carboxylic acids is 1. The van der Waals surface area contributed by atoms with Crippen molar-refractivity contribution in [3.05, 3.63) is 71.4 Å². The average Bonchev–Trinajstić information content (AvgIpc) is 3.28. The number of methoxy groups -OCH3 is 1. The van der Waals surface area contributed by atoms with Gasteiger partial charge in [-0.3, -0.25) is 9.48 Å². The summed E-state index contributed by atoms with van der Waals surface area (Å²) < 4.78 is 7.75. The second-order valence-electron chi connectivity index (χ2n) is 9.21. The van der Waals surface area contributed by atoms with Gasteiger partial charge in [0.25, 0.3) is 5.91 Å². The fraction of sp³-hybridized carbons (Fsp3) is 0.385. The molecule has 2 atom stereocenters. The molecule has 6 rings (SSSR count).